The lowest BCUT2D eigenvalue weighted by Gasteiger charge is -2.24. The van der Waals surface area contributed by atoms with Gasteiger partial charge in [-0.25, -0.2) is 0 Å². The molecule has 0 radical (unpaired) electrons. The van der Waals surface area contributed by atoms with Gasteiger partial charge in [0.05, 0.1) is 5.56 Å². The van der Waals surface area contributed by atoms with Crippen molar-refractivity contribution in [3.05, 3.63) is 32.9 Å². The van der Waals surface area contributed by atoms with Gasteiger partial charge >= 0.3 is 6.18 Å². The first-order chi connectivity index (χ1) is 9.29. The van der Waals surface area contributed by atoms with E-state index in [0.29, 0.717) is 10.1 Å². The number of nitrogens with zero attached hydrogens (tertiary/aromatic N) is 1. The zero-order valence-corrected chi connectivity index (χ0v) is 14.2. The topological polar surface area (TPSA) is 32.3 Å². The number of carbonyl (C=O) groups excluding carboxylic acids is 1. The minimum atomic E-state index is -4.44. The predicted molar refractivity (Wildman–Crippen MR) is 84.8 cm³/mol. The fourth-order valence-electron chi connectivity index (χ4n) is 2.22. The van der Waals surface area contributed by atoms with Gasteiger partial charge in [-0.2, -0.15) is 13.2 Å². The van der Waals surface area contributed by atoms with E-state index in [9.17, 15) is 18.0 Å². The van der Waals surface area contributed by atoms with E-state index in [4.69, 9.17) is 0 Å². The van der Waals surface area contributed by atoms with Gasteiger partial charge in [0.2, 0.25) is 0 Å². The second-order valence-electron chi connectivity index (χ2n) is 4.79. The van der Waals surface area contributed by atoms with Crippen LogP contribution in [0.25, 0.3) is 0 Å². The molecule has 118 valence electrons. The average Bonchev–Trinajstić information content (AvgIpc) is 2.89. The number of amides is 1. The van der Waals surface area contributed by atoms with E-state index in [2.05, 4.69) is 5.32 Å². The second kappa shape index (κ2) is 7.15. The fourth-order valence-corrected chi connectivity index (χ4v) is 2.89. The van der Waals surface area contributed by atoms with E-state index in [-0.39, 0.29) is 29.9 Å². The monoisotopic (exact) mass is 434 g/mol. The molecule has 8 heteroatoms. The Morgan fingerprint density at radius 3 is 2.57 bits per heavy atom. The summed E-state index contributed by atoms with van der Waals surface area (Å²) >= 11 is 1.79. The van der Waals surface area contributed by atoms with E-state index in [1.807, 2.05) is 0 Å². The molecule has 0 saturated carbocycles. The summed E-state index contributed by atoms with van der Waals surface area (Å²) in [4.78, 5) is 13.8. The molecule has 0 bridgehead atoms. The Morgan fingerprint density at radius 2 is 2.05 bits per heavy atom. The Balaban J connectivity index is 0.00000220. The largest absolute Gasteiger partial charge is 0.416 e. The quantitative estimate of drug-likeness (QED) is 0.726. The predicted octanol–water partition coefficient (Wildman–Crippen LogP) is 3.17. The molecule has 0 spiro atoms. The van der Waals surface area contributed by atoms with Crippen molar-refractivity contribution >= 4 is 40.9 Å². The number of benzene rings is 1. The molecular formula is C13H15ClF3IN2O. The Labute approximate surface area is 140 Å². The summed E-state index contributed by atoms with van der Waals surface area (Å²) in [6.07, 6.45) is -3.62. The molecule has 1 aliphatic rings. The first kappa shape index (κ1) is 18.5. The number of rotatable bonds is 2. The van der Waals surface area contributed by atoms with Gasteiger partial charge in [-0.1, -0.05) is 0 Å². The maximum atomic E-state index is 12.8. The van der Waals surface area contributed by atoms with Crippen LogP contribution in [0.1, 0.15) is 22.3 Å². The highest BCUT2D eigenvalue weighted by Crippen LogP contribution is 2.31. The van der Waals surface area contributed by atoms with E-state index >= 15 is 0 Å². The zero-order chi connectivity index (χ0) is 14.9. The SMILES string of the molecule is CN(C(=O)c1cc(I)cc(C(F)(F)F)c1)C1CCNC1.Cl. The maximum Gasteiger partial charge on any atom is 0.416 e. The highest BCUT2D eigenvalue weighted by molar-refractivity contribution is 14.1. The molecular weight excluding hydrogens is 420 g/mol. The highest BCUT2D eigenvalue weighted by Gasteiger charge is 2.32. The van der Waals surface area contributed by atoms with E-state index in [0.717, 1.165) is 25.1 Å². The standard InChI is InChI=1S/C13H14F3IN2O.ClH/c1-19(11-2-3-18-7-11)12(20)8-4-9(13(14,15)16)6-10(17)5-8;/h4-6,11,18H,2-3,7H2,1H3;1H. The molecule has 1 atom stereocenters. The van der Waals surface area contributed by atoms with Crippen LogP contribution in [0, 0.1) is 3.57 Å². The smallest absolute Gasteiger partial charge is 0.337 e. The van der Waals surface area contributed by atoms with Gasteiger partial charge in [-0.15, -0.1) is 12.4 Å². The van der Waals surface area contributed by atoms with Gasteiger partial charge in [0.25, 0.3) is 5.91 Å². The summed E-state index contributed by atoms with van der Waals surface area (Å²) in [5.74, 6) is -0.372. The van der Waals surface area contributed by atoms with Crippen molar-refractivity contribution in [2.24, 2.45) is 0 Å². The summed E-state index contributed by atoms with van der Waals surface area (Å²) in [7, 11) is 1.63. The van der Waals surface area contributed by atoms with Gasteiger partial charge in [-0.3, -0.25) is 4.79 Å². The van der Waals surface area contributed by atoms with E-state index in [1.165, 1.54) is 11.0 Å². The molecule has 21 heavy (non-hydrogen) atoms. The van der Waals surface area contributed by atoms with Gasteiger partial charge < -0.3 is 10.2 Å². The molecule has 1 fully saturated rings. The van der Waals surface area contributed by atoms with Crippen LogP contribution >= 0.6 is 35.0 Å². The molecule has 1 N–H and O–H groups in total. The zero-order valence-electron chi connectivity index (χ0n) is 11.2. The van der Waals surface area contributed by atoms with Crippen LogP contribution in [0.5, 0.6) is 0 Å². The number of hydrogen-bond donors (Lipinski definition) is 1. The average molecular weight is 435 g/mol. The first-order valence-electron chi connectivity index (χ1n) is 6.14. The van der Waals surface area contributed by atoms with Crippen molar-refractivity contribution in [1.29, 1.82) is 0 Å². The first-order valence-corrected chi connectivity index (χ1v) is 7.22. The number of alkyl halides is 3. The lowest BCUT2D eigenvalue weighted by molar-refractivity contribution is -0.137. The normalized spacial score (nSPS) is 18.2. The van der Waals surface area contributed by atoms with Crippen LogP contribution < -0.4 is 5.32 Å². The van der Waals surface area contributed by atoms with Crippen LogP contribution in [0.15, 0.2) is 18.2 Å². The third-order valence-electron chi connectivity index (χ3n) is 3.37. The van der Waals surface area contributed by atoms with Gasteiger partial charge in [-0.05, 0) is 53.8 Å². The molecule has 1 aromatic rings. The molecule has 1 amide bonds. The summed E-state index contributed by atoms with van der Waals surface area (Å²) < 4.78 is 38.7. The van der Waals surface area contributed by atoms with Crippen LogP contribution in [0.3, 0.4) is 0 Å². The number of likely N-dealkylation sites (N-methyl/N-ethyl adjacent to an activating group) is 1. The Kier molecular flexibility index (Phi) is 6.30. The summed E-state index contributed by atoms with van der Waals surface area (Å²) in [6.45, 7) is 1.50. The van der Waals surface area contributed by atoms with E-state index in [1.54, 1.807) is 29.6 Å². The van der Waals surface area contributed by atoms with E-state index < -0.39 is 11.7 Å². The molecule has 2 rings (SSSR count). The van der Waals surface area contributed by atoms with Crippen molar-refractivity contribution in [3.8, 4) is 0 Å². The van der Waals surface area contributed by atoms with Crippen molar-refractivity contribution in [2.75, 3.05) is 20.1 Å². The van der Waals surface area contributed by atoms with Crippen LogP contribution in [-0.2, 0) is 6.18 Å². The summed E-state index contributed by atoms with van der Waals surface area (Å²) in [6, 6.07) is 3.48. The number of carbonyl (C=O) groups is 1. The van der Waals surface area contributed by atoms with Gasteiger partial charge in [0, 0.05) is 28.8 Å². The van der Waals surface area contributed by atoms with Gasteiger partial charge in [0.15, 0.2) is 0 Å². The van der Waals surface area contributed by atoms with Crippen LogP contribution in [0.2, 0.25) is 0 Å². The molecule has 0 aliphatic carbocycles. The minimum Gasteiger partial charge on any atom is -0.337 e. The molecule has 1 unspecified atom stereocenters. The van der Waals surface area contributed by atoms with Crippen molar-refractivity contribution in [2.45, 2.75) is 18.6 Å². The Morgan fingerprint density at radius 1 is 1.38 bits per heavy atom. The lowest BCUT2D eigenvalue weighted by atomic mass is 10.1. The van der Waals surface area contributed by atoms with Crippen molar-refractivity contribution in [1.82, 2.24) is 10.2 Å². The molecule has 1 heterocycles. The fraction of sp³-hybridized carbons (Fsp3) is 0.462. The number of halogens is 5. The summed E-state index contributed by atoms with van der Waals surface area (Å²) in [5, 5.41) is 3.13. The third kappa shape index (κ3) is 4.46. The second-order valence-corrected chi connectivity index (χ2v) is 6.03. The third-order valence-corrected chi connectivity index (χ3v) is 4.00. The number of hydrogen-bond acceptors (Lipinski definition) is 2. The lowest BCUT2D eigenvalue weighted by Crippen LogP contribution is -2.38. The van der Waals surface area contributed by atoms with Crippen molar-refractivity contribution in [3.63, 3.8) is 0 Å². The van der Waals surface area contributed by atoms with Crippen LogP contribution in [0.4, 0.5) is 13.2 Å². The van der Waals surface area contributed by atoms with Crippen LogP contribution in [-0.4, -0.2) is 37.0 Å². The Hall–Kier alpha value is -0.540. The molecule has 1 aliphatic heterocycles. The summed E-state index contributed by atoms with van der Waals surface area (Å²) in [5.41, 5.74) is -0.704. The highest BCUT2D eigenvalue weighted by atomic mass is 127. The van der Waals surface area contributed by atoms with Crippen molar-refractivity contribution < 1.29 is 18.0 Å². The minimum absolute atomic E-state index is 0. The molecule has 1 saturated heterocycles. The molecule has 1 aromatic carbocycles. The van der Waals surface area contributed by atoms with Gasteiger partial charge in [0.1, 0.15) is 0 Å². The number of nitrogens with one attached hydrogen (secondary N) is 1. The maximum absolute atomic E-state index is 12.8. The molecule has 0 aromatic heterocycles. The molecule has 3 nitrogen and oxygen atoms in total. The Bertz CT molecular complexity index is 519.